The Hall–Kier alpha value is -3.06. The number of aryl methyl sites for hydroxylation is 2. The third-order valence-electron chi connectivity index (χ3n) is 4.95. The van der Waals surface area contributed by atoms with Gasteiger partial charge < -0.3 is 24.6 Å². The molecule has 7 heteroatoms. The summed E-state index contributed by atoms with van der Waals surface area (Å²) < 4.78 is 10.7. The molecule has 0 aromatic heterocycles. The molecule has 1 aliphatic rings. The van der Waals surface area contributed by atoms with Crippen LogP contribution in [-0.4, -0.2) is 50.7 Å². The second-order valence-corrected chi connectivity index (χ2v) is 7.56. The number of quaternary nitrogens is 1. The summed E-state index contributed by atoms with van der Waals surface area (Å²) in [5.41, 5.74) is 3.87. The average Bonchev–Trinajstić information content (AvgIpc) is 3.12. The summed E-state index contributed by atoms with van der Waals surface area (Å²) in [6, 6.07) is 11.7. The molecule has 3 rings (SSSR count). The van der Waals surface area contributed by atoms with E-state index in [2.05, 4.69) is 5.32 Å². The molecule has 154 valence electrons. The minimum Gasteiger partial charge on any atom is -0.454 e. The number of nitrogens with one attached hydrogen (secondary N) is 2. The molecule has 1 unspecified atom stereocenters. The van der Waals surface area contributed by atoms with Crippen LogP contribution in [0.3, 0.4) is 0 Å². The molecule has 2 N–H and O–H groups in total. The quantitative estimate of drug-likeness (QED) is 0.734. The van der Waals surface area contributed by atoms with E-state index in [1.54, 1.807) is 7.05 Å². The van der Waals surface area contributed by atoms with Gasteiger partial charge in [0.05, 0.1) is 13.6 Å². The van der Waals surface area contributed by atoms with E-state index in [1.165, 1.54) is 4.90 Å². The van der Waals surface area contributed by atoms with Gasteiger partial charge in [0.2, 0.25) is 12.7 Å². The number of hydrogen-bond acceptors (Lipinski definition) is 4. The molecule has 1 aliphatic heterocycles. The second kappa shape index (κ2) is 8.96. The lowest BCUT2D eigenvalue weighted by Crippen LogP contribution is -3.08. The topological polar surface area (TPSA) is 72.3 Å². The van der Waals surface area contributed by atoms with Crippen molar-refractivity contribution in [1.82, 2.24) is 4.90 Å². The van der Waals surface area contributed by atoms with Gasteiger partial charge in [-0.25, -0.2) is 0 Å². The van der Waals surface area contributed by atoms with E-state index < -0.39 is 0 Å². The van der Waals surface area contributed by atoms with Crippen LogP contribution in [-0.2, 0) is 16.1 Å². The molecular weight excluding hydrogens is 370 g/mol. The summed E-state index contributed by atoms with van der Waals surface area (Å²) in [5.74, 6) is 1.20. The molecule has 0 fully saturated rings. The number of amides is 2. The number of rotatable bonds is 7. The molecule has 2 amide bonds. The summed E-state index contributed by atoms with van der Waals surface area (Å²) in [7, 11) is 3.60. The minimum atomic E-state index is -0.202. The smallest absolute Gasteiger partial charge is 0.277 e. The number of likely N-dealkylation sites (N-methyl/N-ethyl adjacent to an activating group) is 2. The van der Waals surface area contributed by atoms with Gasteiger partial charge in [-0.3, -0.25) is 9.59 Å². The van der Waals surface area contributed by atoms with E-state index in [0.717, 1.165) is 38.8 Å². The predicted octanol–water partition coefficient (Wildman–Crippen LogP) is 1.14. The van der Waals surface area contributed by atoms with Gasteiger partial charge in [-0.2, -0.15) is 0 Å². The summed E-state index contributed by atoms with van der Waals surface area (Å²) in [6.07, 6.45) is 0. The number of anilines is 1. The number of carbonyl (C=O) groups excluding carboxylic acids is 2. The van der Waals surface area contributed by atoms with Gasteiger partial charge in [-0.15, -0.1) is 0 Å². The van der Waals surface area contributed by atoms with Crippen molar-refractivity contribution < 1.29 is 24.0 Å². The van der Waals surface area contributed by atoms with Crippen LogP contribution < -0.4 is 19.7 Å². The van der Waals surface area contributed by atoms with E-state index in [9.17, 15) is 9.59 Å². The Bertz CT molecular complexity index is 893. The molecule has 1 heterocycles. The van der Waals surface area contributed by atoms with Crippen LogP contribution in [0.5, 0.6) is 11.5 Å². The molecule has 2 aromatic carbocycles. The first kappa shape index (κ1) is 20.7. The van der Waals surface area contributed by atoms with Crippen LogP contribution in [0.2, 0.25) is 0 Å². The van der Waals surface area contributed by atoms with Crippen LogP contribution in [0, 0.1) is 13.8 Å². The second-order valence-electron chi connectivity index (χ2n) is 7.56. The Kier molecular flexibility index (Phi) is 6.39. The Morgan fingerprint density at radius 3 is 2.52 bits per heavy atom. The zero-order valence-electron chi connectivity index (χ0n) is 17.4. The molecule has 0 saturated carbocycles. The summed E-state index contributed by atoms with van der Waals surface area (Å²) in [4.78, 5) is 27.4. The molecule has 0 radical (unpaired) electrons. The monoisotopic (exact) mass is 398 g/mol. The van der Waals surface area contributed by atoms with E-state index >= 15 is 0 Å². The first-order valence-corrected chi connectivity index (χ1v) is 9.63. The van der Waals surface area contributed by atoms with Crippen molar-refractivity contribution >= 4 is 17.5 Å². The number of para-hydroxylation sites is 1. The van der Waals surface area contributed by atoms with Crippen LogP contribution in [0.15, 0.2) is 36.4 Å². The first-order valence-electron chi connectivity index (χ1n) is 9.63. The predicted molar refractivity (Wildman–Crippen MR) is 110 cm³/mol. The van der Waals surface area contributed by atoms with Crippen molar-refractivity contribution in [2.45, 2.75) is 20.4 Å². The van der Waals surface area contributed by atoms with Gasteiger partial charge >= 0.3 is 0 Å². The van der Waals surface area contributed by atoms with Crippen molar-refractivity contribution in [3.63, 3.8) is 0 Å². The summed E-state index contributed by atoms with van der Waals surface area (Å²) in [6.45, 7) is 5.13. The Balaban J connectivity index is 1.50. The molecule has 0 saturated heterocycles. The van der Waals surface area contributed by atoms with E-state index in [4.69, 9.17) is 9.47 Å². The molecule has 0 spiro atoms. The highest BCUT2D eigenvalue weighted by molar-refractivity contribution is 5.95. The van der Waals surface area contributed by atoms with Gasteiger partial charge in [-0.1, -0.05) is 18.2 Å². The molecule has 7 nitrogen and oxygen atoms in total. The fourth-order valence-corrected chi connectivity index (χ4v) is 3.35. The summed E-state index contributed by atoms with van der Waals surface area (Å²) >= 11 is 0. The van der Waals surface area contributed by atoms with Crippen molar-refractivity contribution in [2.75, 3.05) is 39.3 Å². The van der Waals surface area contributed by atoms with E-state index in [-0.39, 0.29) is 25.2 Å². The van der Waals surface area contributed by atoms with Gasteiger partial charge in [0.25, 0.3) is 5.91 Å². The van der Waals surface area contributed by atoms with Crippen molar-refractivity contribution in [2.24, 2.45) is 0 Å². The lowest BCUT2D eigenvalue weighted by Gasteiger charge is -2.20. The van der Waals surface area contributed by atoms with Gasteiger partial charge in [0.1, 0.15) is 6.54 Å². The molecule has 0 bridgehead atoms. The molecule has 29 heavy (non-hydrogen) atoms. The highest BCUT2D eigenvalue weighted by Gasteiger charge is 2.19. The van der Waals surface area contributed by atoms with E-state index in [1.807, 2.05) is 57.3 Å². The zero-order valence-corrected chi connectivity index (χ0v) is 17.4. The number of ether oxygens (including phenoxy) is 2. The standard InChI is InChI=1S/C22H27N3O4/c1-15-6-5-7-16(2)22(15)23-20(26)12-25(4)21(27)13-24(3)11-17-8-9-18-19(10-17)29-14-28-18/h5-10H,11-14H2,1-4H3,(H,23,26)/p+1. The first-order chi connectivity index (χ1) is 13.8. The van der Waals surface area contributed by atoms with Gasteiger partial charge in [0, 0.05) is 18.3 Å². The van der Waals surface area contributed by atoms with Crippen LogP contribution in [0.4, 0.5) is 5.69 Å². The van der Waals surface area contributed by atoms with Crippen LogP contribution >= 0.6 is 0 Å². The van der Waals surface area contributed by atoms with Gasteiger partial charge in [0.15, 0.2) is 18.0 Å². The third kappa shape index (κ3) is 5.26. The lowest BCUT2D eigenvalue weighted by molar-refractivity contribution is -0.885. The number of nitrogens with zero attached hydrogens (tertiary/aromatic N) is 1. The Morgan fingerprint density at radius 1 is 1.10 bits per heavy atom. The number of benzene rings is 2. The number of hydrogen-bond donors (Lipinski definition) is 2. The SMILES string of the molecule is Cc1cccc(C)c1NC(=O)CN(C)C(=O)C[NH+](C)Cc1ccc2c(c1)OCO2. The highest BCUT2D eigenvalue weighted by atomic mass is 16.7. The average molecular weight is 398 g/mol. The van der Waals surface area contributed by atoms with Crippen molar-refractivity contribution in [3.05, 3.63) is 53.1 Å². The summed E-state index contributed by atoms with van der Waals surface area (Å²) in [5, 5.41) is 2.92. The minimum absolute atomic E-state index is 0.0178. The maximum absolute atomic E-state index is 12.5. The van der Waals surface area contributed by atoms with Crippen LogP contribution in [0.25, 0.3) is 0 Å². The zero-order chi connectivity index (χ0) is 21.0. The molecule has 1 atom stereocenters. The molecule has 2 aromatic rings. The lowest BCUT2D eigenvalue weighted by atomic mass is 10.1. The van der Waals surface area contributed by atoms with Crippen LogP contribution in [0.1, 0.15) is 16.7 Å². The number of carbonyl (C=O) groups is 2. The fourth-order valence-electron chi connectivity index (χ4n) is 3.35. The van der Waals surface area contributed by atoms with Gasteiger partial charge in [-0.05, 0) is 43.2 Å². The molecule has 0 aliphatic carbocycles. The van der Waals surface area contributed by atoms with Crippen molar-refractivity contribution in [3.8, 4) is 11.5 Å². The number of fused-ring (bicyclic) bond motifs is 1. The Morgan fingerprint density at radius 2 is 1.79 bits per heavy atom. The normalized spacial score (nSPS) is 13.1. The van der Waals surface area contributed by atoms with E-state index in [0.29, 0.717) is 13.1 Å². The Labute approximate surface area is 171 Å². The maximum Gasteiger partial charge on any atom is 0.277 e. The largest absolute Gasteiger partial charge is 0.454 e. The third-order valence-corrected chi connectivity index (χ3v) is 4.95. The maximum atomic E-state index is 12.5. The highest BCUT2D eigenvalue weighted by Crippen LogP contribution is 2.32. The van der Waals surface area contributed by atoms with Crippen molar-refractivity contribution in [1.29, 1.82) is 0 Å². The fraction of sp³-hybridized carbons (Fsp3) is 0.364. The molecular formula is C22H28N3O4+.